The molecule has 1 fully saturated rings. The Bertz CT molecular complexity index is 728. The van der Waals surface area contributed by atoms with Crippen LogP contribution < -0.4 is 9.47 Å². The number of ether oxygens (including phenoxy) is 4. The van der Waals surface area contributed by atoms with E-state index in [4.69, 9.17) is 18.9 Å². The van der Waals surface area contributed by atoms with E-state index < -0.39 is 0 Å². The minimum Gasteiger partial charge on any atom is -0.493 e. The normalized spacial score (nSPS) is 25.0. The van der Waals surface area contributed by atoms with E-state index >= 15 is 0 Å². The molecule has 1 heterocycles. The molecule has 2 aromatic rings. The Labute approximate surface area is 155 Å². The van der Waals surface area contributed by atoms with Crippen LogP contribution in [0.1, 0.15) is 24.2 Å². The summed E-state index contributed by atoms with van der Waals surface area (Å²) in [6.07, 6.45) is 1.57. The fourth-order valence-corrected chi connectivity index (χ4v) is 3.45. The summed E-state index contributed by atoms with van der Waals surface area (Å²) >= 11 is 0. The van der Waals surface area contributed by atoms with Crippen molar-refractivity contribution in [1.82, 2.24) is 0 Å². The predicted octanol–water partition coefficient (Wildman–Crippen LogP) is 4.76. The third-order valence-corrected chi connectivity index (χ3v) is 4.94. The fourth-order valence-electron chi connectivity index (χ4n) is 3.45. The second-order valence-electron chi connectivity index (χ2n) is 6.52. The summed E-state index contributed by atoms with van der Waals surface area (Å²) in [6.45, 7) is 6.57. The van der Waals surface area contributed by atoms with Gasteiger partial charge < -0.3 is 18.9 Å². The van der Waals surface area contributed by atoms with Crippen molar-refractivity contribution in [3.63, 3.8) is 0 Å². The van der Waals surface area contributed by atoms with Crippen molar-refractivity contribution < 1.29 is 18.9 Å². The summed E-state index contributed by atoms with van der Waals surface area (Å²) in [4.78, 5) is 0. The lowest BCUT2D eigenvalue weighted by atomic mass is 9.88. The minimum absolute atomic E-state index is 0.0694. The molecule has 0 amide bonds. The van der Waals surface area contributed by atoms with Crippen LogP contribution in [0, 0.1) is 11.8 Å². The van der Waals surface area contributed by atoms with Gasteiger partial charge in [-0.25, -0.2) is 0 Å². The predicted molar refractivity (Wildman–Crippen MR) is 101 cm³/mol. The molecule has 0 radical (unpaired) electrons. The van der Waals surface area contributed by atoms with Gasteiger partial charge in [-0.3, -0.25) is 0 Å². The zero-order chi connectivity index (χ0) is 18.5. The monoisotopic (exact) mass is 354 g/mol. The molecule has 1 aliphatic rings. The van der Waals surface area contributed by atoms with Crippen molar-refractivity contribution in [1.29, 1.82) is 0 Å². The average molecular weight is 354 g/mol. The standard InChI is InChI=1S/C22H26O4/c1-5-18-15(2)21(26-22(18)24-4)17-11-12-19(20(13-17)23-3)25-14-16-9-7-6-8-10-16/h5-13,15,18,21-22H,1,14H2,2-4H3/t15-,18-,21-,22+/m1/s1. The van der Waals surface area contributed by atoms with Gasteiger partial charge in [0.2, 0.25) is 0 Å². The summed E-state index contributed by atoms with van der Waals surface area (Å²) in [5, 5.41) is 0. The molecule has 4 atom stereocenters. The summed E-state index contributed by atoms with van der Waals surface area (Å²) < 4.78 is 23.0. The van der Waals surface area contributed by atoms with E-state index in [2.05, 4.69) is 13.5 Å². The first-order valence-electron chi connectivity index (χ1n) is 8.83. The van der Waals surface area contributed by atoms with Crippen LogP contribution in [0.25, 0.3) is 0 Å². The molecule has 4 heteroatoms. The van der Waals surface area contributed by atoms with E-state index in [1.165, 1.54) is 0 Å². The zero-order valence-corrected chi connectivity index (χ0v) is 15.6. The van der Waals surface area contributed by atoms with E-state index in [-0.39, 0.29) is 24.2 Å². The van der Waals surface area contributed by atoms with E-state index in [1.54, 1.807) is 14.2 Å². The number of hydrogen-bond acceptors (Lipinski definition) is 4. The third-order valence-electron chi connectivity index (χ3n) is 4.94. The van der Waals surface area contributed by atoms with Crippen LogP contribution >= 0.6 is 0 Å². The van der Waals surface area contributed by atoms with Crippen molar-refractivity contribution in [2.75, 3.05) is 14.2 Å². The smallest absolute Gasteiger partial charge is 0.164 e. The molecule has 0 saturated carbocycles. The van der Waals surface area contributed by atoms with E-state index in [0.29, 0.717) is 18.1 Å². The van der Waals surface area contributed by atoms with Crippen LogP contribution in [-0.2, 0) is 16.1 Å². The van der Waals surface area contributed by atoms with Gasteiger partial charge in [0.15, 0.2) is 17.8 Å². The first kappa shape index (κ1) is 18.5. The molecule has 0 spiro atoms. The summed E-state index contributed by atoms with van der Waals surface area (Å²) in [5.41, 5.74) is 2.16. The van der Waals surface area contributed by atoms with Gasteiger partial charge in [0, 0.05) is 13.0 Å². The quantitative estimate of drug-likeness (QED) is 0.672. The molecular formula is C22H26O4. The van der Waals surface area contributed by atoms with Gasteiger partial charge in [0.25, 0.3) is 0 Å². The van der Waals surface area contributed by atoms with Crippen LogP contribution in [0.5, 0.6) is 11.5 Å². The molecule has 1 aliphatic heterocycles. The summed E-state index contributed by atoms with van der Waals surface area (Å²) in [6, 6.07) is 16.0. The van der Waals surface area contributed by atoms with Crippen molar-refractivity contribution in [2.24, 2.45) is 11.8 Å². The third kappa shape index (κ3) is 3.76. The molecule has 3 rings (SSSR count). The highest BCUT2D eigenvalue weighted by molar-refractivity contribution is 5.44. The lowest BCUT2D eigenvalue weighted by molar-refractivity contribution is -0.126. The zero-order valence-electron chi connectivity index (χ0n) is 15.6. The Morgan fingerprint density at radius 3 is 2.46 bits per heavy atom. The molecule has 2 aromatic carbocycles. The second-order valence-corrected chi connectivity index (χ2v) is 6.52. The molecule has 26 heavy (non-hydrogen) atoms. The van der Waals surface area contributed by atoms with Crippen LogP contribution in [0.4, 0.5) is 0 Å². The Kier molecular flexibility index (Phi) is 5.96. The average Bonchev–Trinajstić information content (AvgIpc) is 3.02. The van der Waals surface area contributed by atoms with Gasteiger partial charge in [0.1, 0.15) is 6.61 Å². The SMILES string of the molecule is C=C[C@H]1[C@@H](OC)O[C@@H](c2ccc(OCc3ccccc3)c(OC)c2)[C@@H]1C. The van der Waals surface area contributed by atoms with Crippen LogP contribution in [-0.4, -0.2) is 20.5 Å². The van der Waals surface area contributed by atoms with Crippen LogP contribution in [0.15, 0.2) is 61.2 Å². The van der Waals surface area contributed by atoms with E-state index in [0.717, 1.165) is 11.1 Å². The van der Waals surface area contributed by atoms with Crippen molar-refractivity contribution >= 4 is 0 Å². The molecule has 0 aromatic heterocycles. The molecule has 138 valence electrons. The van der Waals surface area contributed by atoms with Gasteiger partial charge in [-0.15, -0.1) is 6.58 Å². The minimum atomic E-state index is -0.271. The maximum absolute atomic E-state index is 6.09. The highest BCUT2D eigenvalue weighted by Crippen LogP contribution is 2.44. The molecule has 4 nitrogen and oxygen atoms in total. The Hall–Kier alpha value is -2.30. The number of hydrogen-bond donors (Lipinski definition) is 0. The number of rotatable bonds is 7. The highest BCUT2D eigenvalue weighted by Gasteiger charge is 2.41. The van der Waals surface area contributed by atoms with Crippen molar-refractivity contribution in [3.05, 3.63) is 72.3 Å². The van der Waals surface area contributed by atoms with E-state index in [1.807, 2.05) is 54.6 Å². The Morgan fingerprint density at radius 2 is 1.85 bits per heavy atom. The lowest BCUT2D eigenvalue weighted by Crippen LogP contribution is -2.18. The van der Waals surface area contributed by atoms with Gasteiger partial charge in [0.05, 0.1) is 13.2 Å². The first-order chi connectivity index (χ1) is 12.7. The molecule has 1 saturated heterocycles. The number of benzene rings is 2. The van der Waals surface area contributed by atoms with Gasteiger partial charge in [-0.05, 0) is 29.2 Å². The molecular weight excluding hydrogens is 328 g/mol. The topological polar surface area (TPSA) is 36.9 Å². The molecule has 0 unspecified atom stereocenters. The lowest BCUT2D eigenvalue weighted by Gasteiger charge is -2.18. The van der Waals surface area contributed by atoms with Crippen molar-refractivity contribution in [2.45, 2.75) is 25.9 Å². The maximum Gasteiger partial charge on any atom is 0.164 e. The van der Waals surface area contributed by atoms with Crippen molar-refractivity contribution in [3.8, 4) is 11.5 Å². The van der Waals surface area contributed by atoms with Gasteiger partial charge in [-0.1, -0.05) is 49.4 Å². The Morgan fingerprint density at radius 1 is 1.08 bits per heavy atom. The van der Waals surface area contributed by atoms with Gasteiger partial charge in [-0.2, -0.15) is 0 Å². The highest BCUT2D eigenvalue weighted by atomic mass is 16.7. The largest absolute Gasteiger partial charge is 0.493 e. The Balaban J connectivity index is 1.77. The maximum atomic E-state index is 6.09. The fraction of sp³-hybridized carbons (Fsp3) is 0.364. The van der Waals surface area contributed by atoms with Crippen LogP contribution in [0.2, 0.25) is 0 Å². The van der Waals surface area contributed by atoms with Crippen LogP contribution in [0.3, 0.4) is 0 Å². The summed E-state index contributed by atoms with van der Waals surface area (Å²) in [7, 11) is 3.31. The molecule has 0 N–H and O–H groups in total. The first-order valence-corrected chi connectivity index (χ1v) is 8.83. The van der Waals surface area contributed by atoms with Gasteiger partial charge >= 0.3 is 0 Å². The molecule has 0 aliphatic carbocycles. The molecule has 0 bridgehead atoms. The summed E-state index contributed by atoms with van der Waals surface area (Å²) in [5.74, 6) is 1.84. The number of methoxy groups -OCH3 is 2. The van der Waals surface area contributed by atoms with E-state index in [9.17, 15) is 0 Å². The second kappa shape index (κ2) is 8.39.